The smallest absolute Gasteiger partial charge is 0.416 e. The van der Waals surface area contributed by atoms with Crippen LogP contribution in [0.2, 0.25) is 0 Å². The van der Waals surface area contributed by atoms with Crippen LogP contribution in [0.5, 0.6) is 17.2 Å². The van der Waals surface area contributed by atoms with E-state index in [1.807, 2.05) is 91.9 Å². The van der Waals surface area contributed by atoms with Crippen LogP contribution in [0.4, 0.5) is 30.2 Å². The van der Waals surface area contributed by atoms with Gasteiger partial charge in [-0.2, -0.15) is 13.2 Å². The number of halogens is 3. The van der Waals surface area contributed by atoms with Crippen molar-refractivity contribution >= 4 is 28.0 Å². The molecule has 1 aromatic heterocycles. The summed E-state index contributed by atoms with van der Waals surface area (Å²) in [5, 5.41) is 0.944. The molecule has 0 aliphatic carbocycles. The van der Waals surface area contributed by atoms with Gasteiger partial charge in [0.25, 0.3) is 0 Å². The zero-order valence-electron chi connectivity index (χ0n) is 23.3. The minimum atomic E-state index is -4.43. The number of ether oxygens (including phenoxy) is 2. The fraction of sp³-hybridized carbons (Fsp3) is 0.0833. The van der Waals surface area contributed by atoms with E-state index in [9.17, 15) is 13.2 Å². The first-order valence-electron chi connectivity index (χ1n) is 13.7. The Morgan fingerprint density at radius 2 is 1.30 bits per heavy atom. The van der Waals surface area contributed by atoms with E-state index in [1.54, 1.807) is 7.11 Å². The van der Waals surface area contributed by atoms with Gasteiger partial charge in [0.15, 0.2) is 11.5 Å². The van der Waals surface area contributed by atoms with E-state index >= 15 is 0 Å². The molecule has 4 nitrogen and oxygen atoms in total. The van der Waals surface area contributed by atoms with E-state index in [2.05, 4.69) is 11.0 Å². The van der Waals surface area contributed by atoms with Crippen LogP contribution in [-0.4, -0.2) is 12.1 Å². The first kappa shape index (κ1) is 26.6. The van der Waals surface area contributed by atoms with Crippen molar-refractivity contribution < 1.29 is 22.6 Å². The van der Waals surface area contributed by atoms with E-state index in [4.69, 9.17) is 14.5 Å². The summed E-state index contributed by atoms with van der Waals surface area (Å²) in [7, 11) is 1.62. The molecule has 1 aliphatic rings. The third-order valence-electron chi connectivity index (χ3n) is 7.73. The van der Waals surface area contributed by atoms with Crippen molar-refractivity contribution in [3.05, 3.63) is 126 Å². The zero-order chi connectivity index (χ0) is 29.7. The summed E-state index contributed by atoms with van der Waals surface area (Å²) in [5.74, 6) is 2.15. The predicted molar refractivity (Wildman–Crippen MR) is 164 cm³/mol. The number of nitrogens with zero attached hydrogens (tertiary/aromatic N) is 2. The molecule has 2 heterocycles. The number of alkyl halides is 3. The van der Waals surface area contributed by atoms with E-state index < -0.39 is 11.7 Å². The Morgan fingerprint density at radius 1 is 0.698 bits per heavy atom. The summed E-state index contributed by atoms with van der Waals surface area (Å²) in [6.45, 7) is 2.04. The van der Waals surface area contributed by atoms with Crippen molar-refractivity contribution in [1.29, 1.82) is 0 Å². The molecule has 212 valence electrons. The van der Waals surface area contributed by atoms with Crippen LogP contribution < -0.4 is 14.4 Å². The van der Waals surface area contributed by atoms with Gasteiger partial charge in [0.1, 0.15) is 5.75 Å². The predicted octanol–water partition coefficient (Wildman–Crippen LogP) is 10.5. The quantitative estimate of drug-likeness (QED) is 0.209. The number of benzene rings is 5. The molecule has 5 aromatic carbocycles. The topological polar surface area (TPSA) is 34.6 Å². The summed E-state index contributed by atoms with van der Waals surface area (Å²) < 4.78 is 51.8. The van der Waals surface area contributed by atoms with E-state index in [0.29, 0.717) is 22.8 Å². The average molecular weight is 575 g/mol. The van der Waals surface area contributed by atoms with Gasteiger partial charge in [-0.05, 0) is 84.3 Å². The molecule has 1 aliphatic heterocycles. The van der Waals surface area contributed by atoms with Crippen LogP contribution in [-0.2, 0) is 6.18 Å². The third-order valence-corrected chi connectivity index (χ3v) is 7.73. The summed E-state index contributed by atoms with van der Waals surface area (Å²) in [6, 6.07) is 34.6. The van der Waals surface area contributed by atoms with E-state index in [-0.39, 0.29) is 0 Å². The van der Waals surface area contributed by atoms with E-state index in [1.165, 1.54) is 12.1 Å². The summed E-state index contributed by atoms with van der Waals surface area (Å²) >= 11 is 0. The van der Waals surface area contributed by atoms with Crippen molar-refractivity contribution in [3.8, 4) is 39.6 Å². The highest BCUT2D eigenvalue weighted by atomic mass is 19.4. The highest BCUT2D eigenvalue weighted by Gasteiger charge is 2.31. The maximum Gasteiger partial charge on any atom is 0.416 e. The number of hydrogen-bond donors (Lipinski definition) is 0. The fourth-order valence-corrected chi connectivity index (χ4v) is 5.62. The Hall–Kier alpha value is -5.30. The lowest BCUT2D eigenvalue weighted by molar-refractivity contribution is -0.137. The molecule has 0 saturated carbocycles. The molecule has 0 bridgehead atoms. The molecule has 0 amide bonds. The van der Waals surface area contributed by atoms with Gasteiger partial charge >= 0.3 is 6.18 Å². The first-order valence-corrected chi connectivity index (χ1v) is 13.7. The second-order valence-corrected chi connectivity index (χ2v) is 10.4. The van der Waals surface area contributed by atoms with Crippen molar-refractivity contribution in [2.75, 3.05) is 12.0 Å². The number of pyridine rings is 1. The van der Waals surface area contributed by atoms with Gasteiger partial charge in [-0.3, -0.25) is 0 Å². The van der Waals surface area contributed by atoms with Crippen molar-refractivity contribution in [3.63, 3.8) is 0 Å². The molecule has 0 fully saturated rings. The van der Waals surface area contributed by atoms with Gasteiger partial charge in [0, 0.05) is 10.9 Å². The van der Waals surface area contributed by atoms with Gasteiger partial charge in [-0.15, -0.1) is 0 Å². The minimum absolute atomic E-state index is 0.564. The highest BCUT2D eigenvalue weighted by Crippen LogP contribution is 2.52. The normalized spacial score (nSPS) is 12.4. The first-order chi connectivity index (χ1) is 20.8. The maximum absolute atomic E-state index is 13.4. The molecule has 0 N–H and O–H groups in total. The lowest BCUT2D eigenvalue weighted by atomic mass is 9.94. The lowest BCUT2D eigenvalue weighted by Gasteiger charge is -2.33. The number of aromatic nitrogens is 1. The van der Waals surface area contributed by atoms with Crippen molar-refractivity contribution in [1.82, 2.24) is 4.98 Å². The van der Waals surface area contributed by atoms with Crippen molar-refractivity contribution in [2.45, 2.75) is 13.1 Å². The number of methoxy groups -OCH3 is 1. The van der Waals surface area contributed by atoms with Gasteiger partial charge < -0.3 is 14.4 Å². The second-order valence-electron chi connectivity index (χ2n) is 10.4. The van der Waals surface area contributed by atoms with Gasteiger partial charge in [-0.25, -0.2) is 4.98 Å². The third kappa shape index (κ3) is 4.63. The monoisotopic (exact) mass is 574 g/mol. The average Bonchev–Trinajstić information content (AvgIpc) is 3.03. The molecule has 0 unspecified atom stereocenters. The SMILES string of the molecule is COc1ccc(-c2cc(-c3ccc(C(F)(F)F)cc3)nc3c(N4c5ccccc5Oc5ccccc54)ccc(C)c23)cc1. The Morgan fingerprint density at radius 3 is 1.91 bits per heavy atom. The summed E-state index contributed by atoms with van der Waals surface area (Å²) in [6.07, 6.45) is -4.43. The molecule has 43 heavy (non-hydrogen) atoms. The Balaban J connectivity index is 1.53. The number of fused-ring (bicyclic) bond motifs is 3. The molecule has 0 radical (unpaired) electrons. The highest BCUT2D eigenvalue weighted by molar-refractivity contribution is 6.07. The van der Waals surface area contributed by atoms with Crippen LogP contribution in [0.25, 0.3) is 33.3 Å². The van der Waals surface area contributed by atoms with Gasteiger partial charge in [0.2, 0.25) is 0 Å². The second kappa shape index (κ2) is 10.2. The largest absolute Gasteiger partial charge is 0.497 e. The molecule has 0 spiro atoms. The number of para-hydroxylation sites is 4. The van der Waals surface area contributed by atoms with Crippen molar-refractivity contribution in [2.24, 2.45) is 0 Å². The summed E-state index contributed by atoms with van der Waals surface area (Å²) in [4.78, 5) is 7.29. The maximum atomic E-state index is 13.4. The molecular formula is C36H25F3N2O2. The van der Waals surface area contributed by atoms with Crippen LogP contribution >= 0.6 is 0 Å². The minimum Gasteiger partial charge on any atom is -0.497 e. The van der Waals surface area contributed by atoms with Crippen LogP contribution in [0.15, 0.2) is 115 Å². The number of aryl methyl sites for hydroxylation is 1. The molecule has 6 aromatic rings. The molecule has 7 heteroatoms. The van der Waals surface area contributed by atoms with Gasteiger partial charge in [-0.1, -0.05) is 54.6 Å². The molecule has 0 saturated heterocycles. The Bertz CT molecular complexity index is 1940. The standard InChI is InChI=1S/C36H25F3N2O2/c1-22-11-20-31(41-29-7-3-5-9-32(29)43-33-10-6-4-8-30(33)41)35-34(22)27(23-14-18-26(42-2)19-15-23)21-28(40-35)24-12-16-25(17-13-24)36(37,38)39/h3-21H,1-2H3. The number of rotatable bonds is 4. The van der Waals surface area contributed by atoms with Gasteiger partial charge in [0.05, 0.1) is 40.9 Å². The molecule has 7 rings (SSSR count). The number of anilines is 3. The Labute approximate surface area is 246 Å². The number of hydrogen-bond acceptors (Lipinski definition) is 4. The molecular weight excluding hydrogens is 549 g/mol. The van der Waals surface area contributed by atoms with Crippen LogP contribution in [0.3, 0.4) is 0 Å². The molecule has 0 atom stereocenters. The summed E-state index contributed by atoms with van der Waals surface area (Å²) in [5.41, 5.74) is 6.58. The lowest BCUT2D eigenvalue weighted by Crippen LogP contribution is -2.16. The zero-order valence-corrected chi connectivity index (χ0v) is 23.3. The Kier molecular flexibility index (Phi) is 6.31. The van der Waals surface area contributed by atoms with E-state index in [0.717, 1.165) is 62.5 Å². The van der Waals surface area contributed by atoms with Crippen LogP contribution in [0, 0.1) is 6.92 Å². The van der Waals surface area contributed by atoms with Crippen LogP contribution in [0.1, 0.15) is 11.1 Å². The fourth-order valence-electron chi connectivity index (χ4n) is 5.62.